The van der Waals surface area contributed by atoms with Crippen LogP contribution in [0.25, 0.3) is 20.7 Å². The van der Waals surface area contributed by atoms with Gasteiger partial charge in [0, 0.05) is 22.6 Å². The first-order chi connectivity index (χ1) is 16.5. The van der Waals surface area contributed by atoms with Gasteiger partial charge in [0.05, 0.1) is 22.6 Å². The Labute approximate surface area is 208 Å². The van der Waals surface area contributed by atoms with Crippen LogP contribution in [0.4, 0.5) is 5.69 Å². The Morgan fingerprint density at radius 1 is 1.00 bits per heavy atom. The zero-order valence-corrected chi connectivity index (χ0v) is 19.9. The first-order valence-corrected chi connectivity index (χ1v) is 11.8. The number of hydrogen-bond acceptors (Lipinski definition) is 5. The van der Waals surface area contributed by atoms with E-state index in [-0.39, 0.29) is 11.5 Å². The fraction of sp³-hybridized carbons (Fsp3) is 0.0400. The predicted molar refractivity (Wildman–Crippen MR) is 137 cm³/mol. The lowest BCUT2D eigenvalue weighted by Gasteiger charge is -2.08. The fourth-order valence-corrected chi connectivity index (χ4v) is 4.91. The minimum absolute atomic E-state index is 0.274. The van der Waals surface area contributed by atoms with Crippen LogP contribution in [-0.2, 0) is 6.54 Å². The number of thiophene rings is 1. The minimum Gasteiger partial charge on any atom is -0.326 e. The van der Waals surface area contributed by atoms with Gasteiger partial charge in [-0.1, -0.05) is 47.5 Å². The van der Waals surface area contributed by atoms with Gasteiger partial charge in [-0.3, -0.25) is 14.6 Å². The second kappa shape index (κ2) is 9.38. The summed E-state index contributed by atoms with van der Waals surface area (Å²) in [5.41, 5.74) is 3.17. The van der Waals surface area contributed by atoms with Gasteiger partial charge in [0.15, 0.2) is 0 Å². The summed E-state index contributed by atoms with van der Waals surface area (Å²) in [6, 6.07) is 20.0. The summed E-state index contributed by atoms with van der Waals surface area (Å²) in [5, 5.41) is 3.83. The van der Waals surface area contributed by atoms with Crippen molar-refractivity contribution in [2.75, 3.05) is 5.32 Å². The molecule has 3 heterocycles. The third-order valence-corrected chi connectivity index (χ3v) is 6.92. The van der Waals surface area contributed by atoms with Crippen molar-refractivity contribution in [3.8, 4) is 10.4 Å². The number of anilines is 1. The average molecular weight is 507 g/mol. The van der Waals surface area contributed by atoms with Gasteiger partial charge in [0.2, 0.25) is 0 Å². The molecule has 2 aromatic carbocycles. The molecule has 0 aliphatic carbocycles. The molecular formula is C25H16Cl2N4O2S. The van der Waals surface area contributed by atoms with Crippen LogP contribution in [0.1, 0.15) is 16.1 Å². The van der Waals surface area contributed by atoms with Crippen LogP contribution in [0.3, 0.4) is 0 Å². The van der Waals surface area contributed by atoms with E-state index >= 15 is 0 Å². The molecule has 168 valence electrons. The van der Waals surface area contributed by atoms with Crippen molar-refractivity contribution >= 4 is 56.3 Å². The number of hydrogen-bond donors (Lipinski definition) is 1. The topological polar surface area (TPSA) is 76.9 Å². The Morgan fingerprint density at radius 2 is 1.82 bits per heavy atom. The number of nitrogens with zero attached hydrogens (tertiary/aromatic N) is 3. The number of rotatable bonds is 5. The summed E-state index contributed by atoms with van der Waals surface area (Å²) >= 11 is 13.8. The van der Waals surface area contributed by atoms with Crippen molar-refractivity contribution in [3.63, 3.8) is 0 Å². The molecule has 0 spiro atoms. The first kappa shape index (κ1) is 22.3. The van der Waals surface area contributed by atoms with Gasteiger partial charge in [-0.05, 0) is 53.6 Å². The lowest BCUT2D eigenvalue weighted by atomic mass is 10.1. The molecule has 34 heavy (non-hydrogen) atoms. The molecule has 6 nitrogen and oxygen atoms in total. The molecule has 3 aromatic heterocycles. The normalized spacial score (nSPS) is 11.0. The maximum absolute atomic E-state index is 12.4. The lowest BCUT2D eigenvalue weighted by Crippen LogP contribution is -2.13. The summed E-state index contributed by atoms with van der Waals surface area (Å²) < 4.78 is 2.50. The van der Waals surface area contributed by atoms with Gasteiger partial charge < -0.3 is 9.88 Å². The summed E-state index contributed by atoms with van der Waals surface area (Å²) in [6.45, 7) is 0.552. The van der Waals surface area contributed by atoms with Gasteiger partial charge in [-0.25, -0.2) is 0 Å². The van der Waals surface area contributed by atoms with Crippen LogP contribution in [-0.4, -0.2) is 20.4 Å². The molecule has 5 rings (SSSR count). The van der Waals surface area contributed by atoms with Gasteiger partial charge in [0.25, 0.3) is 11.5 Å². The molecule has 0 aliphatic rings. The van der Waals surface area contributed by atoms with E-state index in [0.29, 0.717) is 32.7 Å². The Morgan fingerprint density at radius 3 is 2.56 bits per heavy atom. The van der Waals surface area contributed by atoms with Crippen molar-refractivity contribution < 1.29 is 4.79 Å². The zero-order valence-electron chi connectivity index (χ0n) is 17.5. The summed E-state index contributed by atoms with van der Waals surface area (Å²) in [4.78, 5) is 33.8. The second-order valence-electron chi connectivity index (χ2n) is 7.49. The molecule has 0 saturated heterocycles. The first-order valence-electron chi connectivity index (χ1n) is 10.2. The zero-order chi connectivity index (χ0) is 23.7. The Kier molecular flexibility index (Phi) is 6.15. The largest absolute Gasteiger partial charge is 0.326 e. The van der Waals surface area contributed by atoms with Crippen LogP contribution < -0.4 is 10.9 Å². The highest BCUT2D eigenvalue weighted by molar-refractivity contribution is 7.22. The minimum atomic E-state index is -0.345. The van der Waals surface area contributed by atoms with E-state index in [1.54, 1.807) is 42.9 Å². The number of nitrogens with one attached hydrogen (secondary N) is 1. The highest BCUT2D eigenvalue weighted by Gasteiger charge is 2.14. The smallest absolute Gasteiger partial charge is 0.290 e. The number of carbonyl (C=O) groups excluding carboxylic acids is 1. The van der Waals surface area contributed by atoms with Crippen molar-refractivity contribution in [1.29, 1.82) is 0 Å². The van der Waals surface area contributed by atoms with Crippen molar-refractivity contribution in [2.45, 2.75) is 6.54 Å². The highest BCUT2D eigenvalue weighted by Crippen LogP contribution is 2.35. The van der Waals surface area contributed by atoms with Crippen molar-refractivity contribution in [3.05, 3.63) is 111 Å². The number of halogens is 2. The molecule has 0 aliphatic heterocycles. The van der Waals surface area contributed by atoms with Crippen LogP contribution in [0, 0.1) is 0 Å². The molecule has 5 aromatic rings. The van der Waals surface area contributed by atoms with Gasteiger partial charge in [-0.15, -0.1) is 11.3 Å². The molecule has 0 radical (unpaired) electrons. The number of fused-ring (bicyclic) bond motifs is 1. The van der Waals surface area contributed by atoms with Crippen LogP contribution in [0.2, 0.25) is 10.0 Å². The predicted octanol–water partition coefficient (Wildman–Crippen LogP) is 6.13. The maximum Gasteiger partial charge on any atom is 0.290 e. The lowest BCUT2D eigenvalue weighted by molar-refractivity contribution is 0.102. The SMILES string of the molecule is O=C(Nc1ccc(-c2cc3c(s2)c(=O)ncn3Cc2ccc(Cl)cc2)cc1Cl)c1ccccn1. The molecular weight excluding hydrogens is 491 g/mol. The summed E-state index contributed by atoms with van der Waals surface area (Å²) in [6.07, 6.45) is 3.11. The standard InChI is InChI=1S/C25H16Cl2N4O2S/c26-17-7-4-15(5-8-17)13-31-14-29-25(33)23-21(31)12-22(34-23)16-6-9-19(18(27)11-16)30-24(32)20-3-1-2-10-28-20/h1-12,14H,13H2,(H,30,32). The maximum atomic E-state index is 12.4. The summed E-state index contributed by atoms with van der Waals surface area (Å²) in [7, 11) is 0. The van der Waals surface area contributed by atoms with Gasteiger partial charge >= 0.3 is 0 Å². The monoisotopic (exact) mass is 506 g/mol. The summed E-state index contributed by atoms with van der Waals surface area (Å²) in [5.74, 6) is -0.345. The fourth-order valence-electron chi connectivity index (χ4n) is 3.50. The van der Waals surface area contributed by atoms with E-state index in [0.717, 1.165) is 21.5 Å². The third-order valence-electron chi connectivity index (χ3n) is 5.20. The Hall–Kier alpha value is -3.52. The average Bonchev–Trinajstić information content (AvgIpc) is 3.31. The van der Waals surface area contributed by atoms with Crippen molar-refractivity contribution in [2.24, 2.45) is 0 Å². The number of carbonyl (C=O) groups is 1. The van der Waals surface area contributed by atoms with E-state index in [1.807, 2.05) is 41.0 Å². The molecule has 0 atom stereocenters. The van der Waals surface area contributed by atoms with Crippen molar-refractivity contribution in [1.82, 2.24) is 14.5 Å². The number of pyridine rings is 1. The number of benzene rings is 2. The van der Waals surface area contributed by atoms with E-state index in [2.05, 4.69) is 15.3 Å². The van der Waals surface area contributed by atoms with Crippen LogP contribution >= 0.6 is 34.5 Å². The Bertz CT molecular complexity index is 1560. The number of aromatic nitrogens is 3. The Balaban J connectivity index is 1.45. The molecule has 1 N–H and O–H groups in total. The molecule has 9 heteroatoms. The number of amides is 1. The van der Waals surface area contributed by atoms with Gasteiger partial charge in [0.1, 0.15) is 10.4 Å². The molecule has 0 bridgehead atoms. The second-order valence-corrected chi connectivity index (χ2v) is 9.39. The molecule has 1 amide bonds. The third kappa shape index (κ3) is 4.59. The van der Waals surface area contributed by atoms with E-state index in [1.165, 1.54) is 11.3 Å². The van der Waals surface area contributed by atoms with E-state index in [9.17, 15) is 9.59 Å². The van der Waals surface area contributed by atoms with E-state index < -0.39 is 0 Å². The molecule has 0 fully saturated rings. The highest BCUT2D eigenvalue weighted by atomic mass is 35.5. The quantitative estimate of drug-likeness (QED) is 0.311. The molecule has 0 unspecified atom stereocenters. The van der Waals surface area contributed by atoms with Crippen LogP contribution in [0.5, 0.6) is 0 Å². The van der Waals surface area contributed by atoms with Gasteiger partial charge in [-0.2, -0.15) is 4.98 Å². The molecule has 0 saturated carbocycles. The van der Waals surface area contributed by atoms with Crippen LogP contribution in [0.15, 0.2) is 84.0 Å². The van der Waals surface area contributed by atoms with E-state index in [4.69, 9.17) is 23.2 Å².